The lowest BCUT2D eigenvalue weighted by Crippen LogP contribution is -2.41. The van der Waals surface area contributed by atoms with Crippen molar-refractivity contribution in [2.75, 3.05) is 10.6 Å². The van der Waals surface area contributed by atoms with Gasteiger partial charge in [0.05, 0.1) is 27.5 Å². The number of sulfonamides is 1. The predicted molar refractivity (Wildman–Crippen MR) is 114 cm³/mol. The van der Waals surface area contributed by atoms with E-state index in [4.69, 9.17) is 23.2 Å². The highest BCUT2D eigenvalue weighted by atomic mass is 35.5. The number of nitrogens with zero attached hydrogens (tertiary/aromatic N) is 1. The van der Waals surface area contributed by atoms with Gasteiger partial charge in [0.15, 0.2) is 0 Å². The second kappa shape index (κ2) is 7.25. The lowest BCUT2D eigenvalue weighted by Gasteiger charge is -2.27. The van der Waals surface area contributed by atoms with Crippen molar-refractivity contribution in [2.45, 2.75) is 38.8 Å². The van der Waals surface area contributed by atoms with Gasteiger partial charge in [-0.15, -0.1) is 0 Å². The molecule has 0 saturated heterocycles. The maximum absolute atomic E-state index is 12.8. The molecule has 0 radical (unpaired) electrons. The van der Waals surface area contributed by atoms with Gasteiger partial charge in [-0.05, 0) is 68.7 Å². The number of hydrogen-bond donors (Lipinski definition) is 1. The molecule has 1 atom stereocenters. The summed E-state index contributed by atoms with van der Waals surface area (Å²) >= 11 is 12.1. The van der Waals surface area contributed by atoms with Crippen LogP contribution < -0.4 is 9.62 Å². The summed E-state index contributed by atoms with van der Waals surface area (Å²) < 4.78 is 25.5. The summed E-state index contributed by atoms with van der Waals surface area (Å²) in [6.45, 7) is 5.62. The summed E-state index contributed by atoms with van der Waals surface area (Å²) in [6.07, 6.45) is 1.76. The normalized spacial score (nSPS) is 16.8. The highest BCUT2D eigenvalue weighted by Gasteiger charge is 2.33. The number of fused-ring (bicyclic) bond motifs is 1. The Labute approximate surface area is 175 Å². The van der Waals surface area contributed by atoms with Crippen molar-refractivity contribution < 1.29 is 13.2 Å². The van der Waals surface area contributed by atoms with Crippen LogP contribution in [0.1, 0.15) is 42.3 Å². The highest BCUT2D eigenvalue weighted by molar-refractivity contribution is 7.92. The van der Waals surface area contributed by atoms with E-state index in [1.165, 1.54) is 10.6 Å². The van der Waals surface area contributed by atoms with Gasteiger partial charge >= 0.3 is 0 Å². The quantitative estimate of drug-likeness (QED) is 0.767. The lowest BCUT2D eigenvalue weighted by atomic mass is 9.93. The lowest BCUT2D eigenvalue weighted by molar-refractivity contribution is 0.0912. The van der Waals surface area contributed by atoms with Gasteiger partial charge in [0.1, 0.15) is 0 Å². The Balaban J connectivity index is 1.86. The molecule has 1 unspecified atom stereocenters. The molecule has 1 aliphatic heterocycles. The Hall–Kier alpha value is -1.76. The third-order valence-electron chi connectivity index (χ3n) is 4.92. The molecule has 1 aliphatic rings. The Morgan fingerprint density at radius 3 is 2.43 bits per heavy atom. The molecule has 2 aromatic carbocycles. The molecule has 0 spiro atoms. The van der Waals surface area contributed by atoms with Gasteiger partial charge in [-0.2, -0.15) is 0 Å². The van der Waals surface area contributed by atoms with E-state index in [1.807, 2.05) is 26.8 Å². The minimum atomic E-state index is -3.36. The first-order chi connectivity index (χ1) is 12.9. The fraction of sp³-hybridized carbons (Fsp3) is 0.350. The van der Waals surface area contributed by atoms with Crippen LogP contribution in [-0.4, -0.2) is 26.6 Å². The molecule has 0 aromatic heterocycles. The van der Waals surface area contributed by atoms with Crippen LogP contribution in [0.4, 0.5) is 5.69 Å². The maximum Gasteiger partial charge on any atom is 0.251 e. The van der Waals surface area contributed by atoms with E-state index >= 15 is 0 Å². The number of rotatable bonds is 4. The van der Waals surface area contributed by atoms with Crippen molar-refractivity contribution in [2.24, 2.45) is 0 Å². The van der Waals surface area contributed by atoms with Crippen LogP contribution in [-0.2, 0) is 22.0 Å². The minimum absolute atomic E-state index is 0.170. The number of anilines is 1. The summed E-state index contributed by atoms with van der Waals surface area (Å²) in [5.41, 5.74) is 2.12. The zero-order chi connectivity index (χ0) is 20.9. The second-order valence-electron chi connectivity index (χ2n) is 7.66. The molecule has 0 fully saturated rings. The SMILES string of the molecule is CC1Cc2cc(C(=O)NC(C)(C)c3ccc(Cl)c(Cl)c3)ccc2N1S(C)(=O)=O. The van der Waals surface area contributed by atoms with Gasteiger partial charge < -0.3 is 5.32 Å². The number of halogens is 2. The van der Waals surface area contributed by atoms with Gasteiger partial charge in [-0.1, -0.05) is 29.3 Å². The van der Waals surface area contributed by atoms with Crippen molar-refractivity contribution in [1.29, 1.82) is 0 Å². The summed E-state index contributed by atoms with van der Waals surface area (Å²) in [4.78, 5) is 12.8. The first kappa shape index (κ1) is 21.0. The van der Waals surface area contributed by atoms with E-state index in [0.717, 1.165) is 11.1 Å². The van der Waals surface area contributed by atoms with Gasteiger partial charge in [0.2, 0.25) is 10.0 Å². The molecule has 3 rings (SSSR count). The Bertz CT molecular complexity index is 1050. The maximum atomic E-state index is 12.8. The van der Waals surface area contributed by atoms with Crippen molar-refractivity contribution in [1.82, 2.24) is 5.32 Å². The summed E-state index contributed by atoms with van der Waals surface area (Å²) in [7, 11) is -3.36. The smallest absolute Gasteiger partial charge is 0.251 e. The van der Waals surface area contributed by atoms with Crippen LogP contribution in [0.5, 0.6) is 0 Å². The highest BCUT2D eigenvalue weighted by Crippen LogP contribution is 2.35. The summed E-state index contributed by atoms with van der Waals surface area (Å²) in [5.74, 6) is -0.246. The zero-order valence-electron chi connectivity index (χ0n) is 16.1. The van der Waals surface area contributed by atoms with E-state index in [1.54, 1.807) is 30.3 Å². The minimum Gasteiger partial charge on any atom is -0.343 e. The first-order valence-corrected chi connectivity index (χ1v) is 11.4. The topological polar surface area (TPSA) is 66.5 Å². The number of carbonyl (C=O) groups excluding carboxylic acids is 1. The molecule has 0 aliphatic carbocycles. The Morgan fingerprint density at radius 2 is 1.82 bits per heavy atom. The standard InChI is InChI=1S/C20H22Cl2N2O3S/c1-12-9-14-10-13(5-8-18(14)24(12)28(4,26)27)19(25)23-20(2,3)15-6-7-16(21)17(22)11-15/h5-8,10-12H,9H2,1-4H3,(H,23,25). The van der Waals surface area contributed by atoms with Gasteiger partial charge in [-0.3, -0.25) is 9.10 Å². The predicted octanol–water partition coefficient (Wildman–Crippen LogP) is 4.37. The molecule has 0 bridgehead atoms. The second-order valence-corrected chi connectivity index (χ2v) is 10.3. The molecule has 1 heterocycles. The van der Waals surface area contributed by atoms with Crippen molar-refractivity contribution in [3.63, 3.8) is 0 Å². The molecule has 150 valence electrons. The number of nitrogens with one attached hydrogen (secondary N) is 1. The Morgan fingerprint density at radius 1 is 1.14 bits per heavy atom. The van der Waals surface area contributed by atoms with Gasteiger partial charge in [0.25, 0.3) is 5.91 Å². The van der Waals surface area contributed by atoms with E-state index in [-0.39, 0.29) is 11.9 Å². The molecule has 8 heteroatoms. The largest absolute Gasteiger partial charge is 0.343 e. The first-order valence-electron chi connectivity index (χ1n) is 8.80. The summed E-state index contributed by atoms with van der Waals surface area (Å²) in [5, 5.41) is 3.89. The van der Waals surface area contributed by atoms with E-state index in [9.17, 15) is 13.2 Å². The third kappa shape index (κ3) is 4.00. The van der Waals surface area contributed by atoms with Crippen molar-refractivity contribution >= 4 is 44.8 Å². The van der Waals surface area contributed by atoms with Crippen LogP contribution in [0.2, 0.25) is 10.0 Å². The molecule has 0 saturated carbocycles. The van der Waals surface area contributed by atoms with E-state index in [2.05, 4.69) is 5.32 Å². The van der Waals surface area contributed by atoms with Gasteiger partial charge in [0, 0.05) is 11.6 Å². The van der Waals surface area contributed by atoms with E-state index in [0.29, 0.717) is 27.7 Å². The van der Waals surface area contributed by atoms with Crippen molar-refractivity contribution in [3.8, 4) is 0 Å². The van der Waals surface area contributed by atoms with E-state index < -0.39 is 15.6 Å². The third-order valence-corrected chi connectivity index (χ3v) is 6.93. The van der Waals surface area contributed by atoms with Crippen LogP contribution >= 0.6 is 23.2 Å². The molecule has 28 heavy (non-hydrogen) atoms. The molecular weight excluding hydrogens is 419 g/mol. The monoisotopic (exact) mass is 440 g/mol. The van der Waals surface area contributed by atoms with Crippen molar-refractivity contribution in [3.05, 3.63) is 63.1 Å². The Kier molecular flexibility index (Phi) is 5.42. The van der Waals surface area contributed by atoms with Gasteiger partial charge in [-0.25, -0.2) is 8.42 Å². The number of benzene rings is 2. The molecule has 1 amide bonds. The summed E-state index contributed by atoms with van der Waals surface area (Å²) in [6, 6.07) is 10.2. The number of hydrogen-bond acceptors (Lipinski definition) is 3. The fourth-order valence-corrected chi connectivity index (χ4v) is 5.12. The van der Waals surface area contributed by atoms with Crippen LogP contribution in [0.3, 0.4) is 0 Å². The molecule has 1 N–H and O–H groups in total. The molecular formula is C20H22Cl2N2O3S. The number of amides is 1. The van der Waals surface area contributed by atoms with Crippen LogP contribution in [0.25, 0.3) is 0 Å². The number of carbonyl (C=O) groups is 1. The average Bonchev–Trinajstić information content (AvgIpc) is 2.91. The molecule has 2 aromatic rings. The van der Waals surface area contributed by atoms with Crippen LogP contribution in [0, 0.1) is 0 Å². The fourth-order valence-electron chi connectivity index (χ4n) is 3.56. The average molecular weight is 441 g/mol. The molecule has 5 nitrogen and oxygen atoms in total. The zero-order valence-corrected chi connectivity index (χ0v) is 18.4. The van der Waals surface area contributed by atoms with Crippen LogP contribution in [0.15, 0.2) is 36.4 Å².